The highest BCUT2D eigenvalue weighted by Gasteiger charge is 2.25. The second-order valence-corrected chi connectivity index (χ2v) is 11.5. The van der Waals surface area contributed by atoms with Gasteiger partial charge in [-0.05, 0) is 109 Å². The predicted molar refractivity (Wildman–Crippen MR) is 163 cm³/mol. The van der Waals surface area contributed by atoms with Crippen LogP contribution in [0.3, 0.4) is 0 Å². The number of aromatic amines is 2. The molecule has 6 nitrogen and oxygen atoms in total. The Balaban J connectivity index is 1.74. The average Bonchev–Trinajstić information content (AvgIpc) is 3.65. The number of allylic oxidation sites excluding steroid dienone is 2. The maximum Gasteiger partial charge on any atom is 0.147 e. The summed E-state index contributed by atoms with van der Waals surface area (Å²) in [5.74, 6) is 0.0206. The van der Waals surface area contributed by atoms with Crippen LogP contribution < -0.4 is 10.6 Å². The number of halogens is 2. The summed E-state index contributed by atoms with van der Waals surface area (Å²) in [6, 6.07) is 4.16. The molecule has 6 N–H and O–H groups in total. The molecule has 4 heterocycles. The highest BCUT2D eigenvalue weighted by molar-refractivity contribution is 5.62. The topological polar surface area (TPSA) is 96.1 Å². The fourth-order valence-electron chi connectivity index (χ4n) is 6.16. The Labute approximate surface area is 242 Å². The molecule has 0 aliphatic carbocycles. The van der Waals surface area contributed by atoms with Gasteiger partial charge in [-0.25, -0.2) is 0 Å². The minimum atomic E-state index is -0.691. The van der Waals surface area contributed by atoms with Gasteiger partial charge in [-0.2, -0.15) is 0 Å². The Morgan fingerprint density at radius 2 is 1.15 bits per heavy atom. The van der Waals surface area contributed by atoms with Gasteiger partial charge in [0, 0.05) is 40.6 Å². The van der Waals surface area contributed by atoms with Crippen LogP contribution in [0.4, 0.5) is 8.78 Å². The lowest BCUT2D eigenvalue weighted by molar-refractivity contribution is 0.195. The van der Waals surface area contributed by atoms with Crippen LogP contribution in [-0.4, -0.2) is 46.0 Å². The molecular weight excluding hydrogens is 522 g/mol. The van der Waals surface area contributed by atoms with E-state index in [1.165, 1.54) is 0 Å². The predicted octanol–water partition coefficient (Wildman–Crippen LogP) is 6.84. The number of hydrogen-bond donors (Lipinski definition) is 6. The molecule has 8 heteroatoms. The van der Waals surface area contributed by atoms with Gasteiger partial charge in [-0.15, -0.1) is 0 Å². The third kappa shape index (κ3) is 6.54. The zero-order valence-corrected chi connectivity index (χ0v) is 25.2. The number of alkyl halides is 2. The third-order valence-corrected chi connectivity index (χ3v) is 8.72. The normalized spacial score (nSPS) is 22.7. The smallest absolute Gasteiger partial charge is 0.147 e. The van der Waals surface area contributed by atoms with Gasteiger partial charge in [-0.1, -0.05) is 27.7 Å². The quantitative estimate of drug-likeness (QED) is 0.169. The van der Waals surface area contributed by atoms with Crippen molar-refractivity contribution in [1.29, 1.82) is 0 Å². The van der Waals surface area contributed by atoms with Crippen molar-refractivity contribution in [2.45, 2.75) is 97.9 Å². The standard InChI is InChI=1S/C33H46F2N4O2/c1-7-24-20(5)32(40)38-28(24)15-22-13-26(18(3)9-11-34)30(36-22)17-31-27(19(4)10-12-35)14-23(37-31)16-29-25(8-2)21(6)33(41)39-29/h13-16,18-19,32-33,36-41H,7-12,17H2,1-6H3/b28-15-,29-16-/t18-,19-,32?,33?/m0/s1. The summed E-state index contributed by atoms with van der Waals surface area (Å²) in [6.07, 6.45) is 5.66. The van der Waals surface area contributed by atoms with Gasteiger partial charge in [0.05, 0.1) is 13.3 Å². The molecule has 0 aromatic carbocycles. The minimum Gasteiger partial charge on any atom is -0.370 e. The summed E-state index contributed by atoms with van der Waals surface area (Å²) in [5.41, 5.74) is 11.7. The molecule has 224 valence electrons. The Kier molecular flexibility index (Phi) is 9.97. The second kappa shape index (κ2) is 13.3. The Bertz CT molecular complexity index is 1260. The van der Waals surface area contributed by atoms with Crippen LogP contribution >= 0.6 is 0 Å². The van der Waals surface area contributed by atoms with Crippen molar-refractivity contribution < 1.29 is 19.0 Å². The van der Waals surface area contributed by atoms with E-state index in [9.17, 15) is 19.0 Å². The lowest BCUT2D eigenvalue weighted by Gasteiger charge is -2.13. The lowest BCUT2D eigenvalue weighted by atomic mass is 9.93. The molecule has 2 aromatic heterocycles. The number of aliphatic hydroxyl groups excluding tert-OH is 2. The zero-order valence-electron chi connectivity index (χ0n) is 25.2. The molecule has 0 saturated carbocycles. The fourth-order valence-corrected chi connectivity index (χ4v) is 6.16. The van der Waals surface area contributed by atoms with Gasteiger partial charge < -0.3 is 30.8 Å². The summed E-state index contributed by atoms with van der Waals surface area (Å²) >= 11 is 0. The molecule has 2 aliphatic rings. The Morgan fingerprint density at radius 3 is 1.49 bits per heavy atom. The van der Waals surface area contributed by atoms with E-state index < -0.39 is 25.8 Å². The number of rotatable bonds is 12. The molecule has 0 amide bonds. The van der Waals surface area contributed by atoms with Crippen molar-refractivity contribution in [3.8, 4) is 0 Å². The molecule has 0 spiro atoms. The number of nitrogens with one attached hydrogen (secondary N) is 4. The van der Waals surface area contributed by atoms with Crippen LogP contribution in [0.5, 0.6) is 0 Å². The van der Waals surface area contributed by atoms with Crippen LogP contribution in [0.1, 0.15) is 113 Å². The van der Waals surface area contributed by atoms with Gasteiger partial charge in [-0.3, -0.25) is 8.78 Å². The molecule has 2 aromatic rings. The first kappa shape index (κ1) is 30.8. The van der Waals surface area contributed by atoms with Crippen molar-refractivity contribution in [3.05, 3.63) is 79.7 Å². The SMILES string of the molecule is CCC1=C(C)C(O)N/C1=C\c1cc([C@@H](C)CCF)c(Cc2[nH]c(/C=C3\NC(O)C(C)=C3CC)cc2[C@@H](C)CCF)[nH]1. The summed E-state index contributed by atoms with van der Waals surface area (Å²) in [4.78, 5) is 7.15. The van der Waals surface area contributed by atoms with Crippen LogP contribution in [-0.2, 0) is 6.42 Å². The second-order valence-electron chi connectivity index (χ2n) is 11.5. The molecular formula is C33H46F2N4O2. The minimum absolute atomic E-state index is 0.0103. The molecule has 4 rings (SSSR count). The van der Waals surface area contributed by atoms with Crippen molar-refractivity contribution >= 4 is 12.2 Å². The van der Waals surface area contributed by atoms with Crippen LogP contribution in [0.15, 0.2) is 45.8 Å². The van der Waals surface area contributed by atoms with E-state index in [0.29, 0.717) is 19.3 Å². The zero-order chi connectivity index (χ0) is 29.8. The average molecular weight is 569 g/mol. The first-order valence-corrected chi connectivity index (χ1v) is 14.9. The molecule has 0 saturated heterocycles. The Hall–Kier alpha value is -3.10. The fraction of sp³-hybridized carbons (Fsp3) is 0.515. The largest absolute Gasteiger partial charge is 0.370 e. The highest BCUT2D eigenvalue weighted by Crippen LogP contribution is 2.34. The molecule has 0 radical (unpaired) electrons. The summed E-state index contributed by atoms with van der Waals surface area (Å²) in [7, 11) is 0. The molecule has 0 fully saturated rings. The van der Waals surface area contributed by atoms with E-state index >= 15 is 0 Å². The van der Waals surface area contributed by atoms with E-state index in [2.05, 4.69) is 46.6 Å². The lowest BCUT2D eigenvalue weighted by Crippen LogP contribution is -2.22. The molecule has 2 aliphatic heterocycles. The van der Waals surface area contributed by atoms with Gasteiger partial charge in [0.25, 0.3) is 0 Å². The number of aliphatic hydroxyl groups is 2. The molecule has 0 bridgehead atoms. The van der Waals surface area contributed by atoms with Gasteiger partial charge in [0.1, 0.15) is 12.5 Å². The molecule has 2 unspecified atom stereocenters. The van der Waals surface area contributed by atoms with Crippen molar-refractivity contribution in [1.82, 2.24) is 20.6 Å². The van der Waals surface area contributed by atoms with E-state index in [1.807, 2.05) is 39.8 Å². The van der Waals surface area contributed by atoms with Gasteiger partial charge in [0.15, 0.2) is 0 Å². The van der Waals surface area contributed by atoms with Gasteiger partial charge in [0.2, 0.25) is 0 Å². The van der Waals surface area contributed by atoms with Gasteiger partial charge >= 0.3 is 0 Å². The third-order valence-electron chi connectivity index (χ3n) is 8.72. The van der Waals surface area contributed by atoms with Crippen LogP contribution in [0.25, 0.3) is 12.2 Å². The van der Waals surface area contributed by atoms with E-state index in [1.54, 1.807) is 0 Å². The highest BCUT2D eigenvalue weighted by atomic mass is 19.1. The Morgan fingerprint density at radius 1 is 0.756 bits per heavy atom. The van der Waals surface area contributed by atoms with E-state index in [0.717, 1.165) is 80.4 Å². The molecule has 41 heavy (non-hydrogen) atoms. The van der Waals surface area contributed by atoms with Crippen molar-refractivity contribution in [2.24, 2.45) is 0 Å². The summed E-state index contributed by atoms with van der Waals surface area (Å²) in [6.45, 7) is 11.3. The van der Waals surface area contributed by atoms with Crippen LogP contribution in [0, 0.1) is 0 Å². The maximum absolute atomic E-state index is 13.4. The van der Waals surface area contributed by atoms with E-state index in [-0.39, 0.29) is 11.8 Å². The maximum atomic E-state index is 13.4. The monoisotopic (exact) mass is 568 g/mol. The van der Waals surface area contributed by atoms with Crippen molar-refractivity contribution in [2.75, 3.05) is 13.3 Å². The number of aromatic nitrogens is 2. The van der Waals surface area contributed by atoms with E-state index in [4.69, 9.17) is 0 Å². The summed E-state index contributed by atoms with van der Waals surface area (Å²) in [5, 5.41) is 27.0. The molecule has 4 atom stereocenters. The van der Waals surface area contributed by atoms with Crippen LogP contribution in [0.2, 0.25) is 0 Å². The number of hydrogen-bond acceptors (Lipinski definition) is 4. The first-order valence-electron chi connectivity index (χ1n) is 14.9. The first-order chi connectivity index (χ1) is 19.6. The number of H-pyrrole nitrogens is 2. The van der Waals surface area contributed by atoms with Crippen molar-refractivity contribution in [3.63, 3.8) is 0 Å². The summed E-state index contributed by atoms with van der Waals surface area (Å²) < 4.78 is 26.9.